The number of fused-ring (bicyclic) bond motifs is 5. The van der Waals surface area contributed by atoms with Crippen LogP contribution in [0.4, 0.5) is 0 Å². The van der Waals surface area contributed by atoms with Crippen LogP contribution in [0, 0.1) is 0 Å². The summed E-state index contributed by atoms with van der Waals surface area (Å²) in [5.74, 6) is 1.95. The first-order chi connectivity index (χ1) is 19.9. The summed E-state index contributed by atoms with van der Waals surface area (Å²) in [5.41, 5.74) is 2.98. The van der Waals surface area contributed by atoms with Crippen LogP contribution in [0.15, 0.2) is 71.7 Å². The Morgan fingerprint density at radius 1 is 0.902 bits per heavy atom. The molecule has 0 aliphatic carbocycles. The molecule has 6 aromatic rings. The predicted octanol–water partition coefficient (Wildman–Crippen LogP) is 4.74. The molecule has 1 amide bonds. The SMILES string of the molecule is COc1ccc(CCNC(=O)C(C)Oc2ccc3c(c2)c2ccnc4c5ccc(OC)c(OC)c5c(=O)n3c24)cc1. The normalized spacial score (nSPS) is 12.2. The number of ether oxygens (including phenoxy) is 4. The van der Waals surface area contributed by atoms with Gasteiger partial charge in [-0.15, -0.1) is 0 Å². The van der Waals surface area contributed by atoms with Gasteiger partial charge in [-0.05, 0) is 67.4 Å². The lowest BCUT2D eigenvalue weighted by Gasteiger charge is -2.15. The van der Waals surface area contributed by atoms with Gasteiger partial charge in [0.1, 0.15) is 11.5 Å². The fourth-order valence-electron chi connectivity index (χ4n) is 5.40. The molecule has 9 nitrogen and oxygen atoms in total. The minimum absolute atomic E-state index is 0.211. The number of pyridine rings is 2. The van der Waals surface area contributed by atoms with Gasteiger partial charge < -0.3 is 24.3 Å². The highest BCUT2D eigenvalue weighted by Gasteiger charge is 2.23. The van der Waals surface area contributed by atoms with Crippen molar-refractivity contribution in [3.8, 4) is 23.0 Å². The van der Waals surface area contributed by atoms with E-state index in [2.05, 4.69) is 10.3 Å². The molecule has 1 unspecified atom stereocenters. The van der Waals surface area contributed by atoms with E-state index in [9.17, 15) is 9.59 Å². The van der Waals surface area contributed by atoms with Crippen molar-refractivity contribution in [2.75, 3.05) is 27.9 Å². The van der Waals surface area contributed by atoms with Crippen LogP contribution < -0.4 is 29.8 Å². The molecular formula is C32H29N3O6. The molecule has 0 saturated heterocycles. The summed E-state index contributed by atoms with van der Waals surface area (Å²) in [6.45, 7) is 2.20. The smallest absolute Gasteiger partial charge is 0.267 e. The number of aromatic nitrogens is 2. The van der Waals surface area contributed by atoms with Crippen molar-refractivity contribution >= 4 is 44.0 Å². The highest BCUT2D eigenvalue weighted by molar-refractivity contribution is 6.19. The van der Waals surface area contributed by atoms with Crippen LogP contribution in [0.1, 0.15) is 12.5 Å². The molecule has 3 heterocycles. The van der Waals surface area contributed by atoms with E-state index in [0.29, 0.717) is 57.5 Å². The second kappa shape index (κ2) is 10.5. The Balaban J connectivity index is 1.31. The zero-order valence-corrected chi connectivity index (χ0v) is 23.2. The van der Waals surface area contributed by atoms with Crippen LogP contribution in [-0.2, 0) is 11.2 Å². The number of rotatable bonds is 9. The largest absolute Gasteiger partial charge is 0.497 e. The number of nitrogens with zero attached hydrogens (tertiary/aromatic N) is 2. The molecule has 0 spiro atoms. The molecule has 0 saturated carbocycles. The summed E-state index contributed by atoms with van der Waals surface area (Å²) < 4.78 is 23.9. The molecule has 1 N–H and O–H groups in total. The first-order valence-electron chi connectivity index (χ1n) is 13.3. The number of nitrogens with one attached hydrogen (secondary N) is 1. The third-order valence-electron chi connectivity index (χ3n) is 7.42. The molecule has 6 rings (SSSR count). The second-order valence-corrected chi connectivity index (χ2v) is 9.75. The maximum atomic E-state index is 13.9. The van der Waals surface area contributed by atoms with Crippen LogP contribution in [0.25, 0.3) is 38.1 Å². The Morgan fingerprint density at radius 2 is 1.68 bits per heavy atom. The van der Waals surface area contributed by atoms with Crippen LogP contribution >= 0.6 is 0 Å². The van der Waals surface area contributed by atoms with Gasteiger partial charge in [-0.2, -0.15) is 0 Å². The Kier molecular flexibility index (Phi) is 6.70. The zero-order valence-electron chi connectivity index (χ0n) is 23.2. The average Bonchev–Trinajstić information content (AvgIpc) is 3.34. The Bertz CT molecular complexity index is 1970. The van der Waals surface area contributed by atoms with Gasteiger partial charge in [0.25, 0.3) is 11.5 Å². The van der Waals surface area contributed by atoms with Crippen molar-refractivity contribution in [3.05, 3.63) is 82.8 Å². The maximum absolute atomic E-state index is 13.9. The topological polar surface area (TPSA) is 100 Å². The van der Waals surface area contributed by atoms with E-state index in [1.165, 1.54) is 14.2 Å². The molecule has 3 aromatic heterocycles. The van der Waals surface area contributed by atoms with Gasteiger partial charge in [-0.1, -0.05) is 12.1 Å². The molecule has 1 atom stereocenters. The molecule has 9 heteroatoms. The molecule has 0 bridgehead atoms. The average molecular weight is 552 g/mol. The summed E-state index contributed by atoms with van der Waals surface area (Å²) in [5, 5.41) is 5.70. The van der Waals surface area contributed by atoms with Gasteiger partial charge in [0.2, 0.25) is 0 Å². The minimum atomic E-state index is -0.716. The summed E-state index contributed by atoms with van der Waals surface area (Å²) in [6, 6.07) is 18.7. The number of carbonyl (C=O) groups excluding carboxylic acids is 1. The van der Waals surface area contributed by atoms with E-state index >= 15 is 0 Å². The number of carbonyl (C=O) groups is 1. The van der Waals surface area contributed by atoms with Gasteiger partial charge >= 0.3 is 0 Å². The summed E-state index contributed by atoms with van der Waals surface area (Å²) in [6.07, 6.45) is 1.70. The number of methoxy groups -OCH3 is 3. The summed E-state index contributed by atoms with van der Waals surface area (Å²) in [7, 11) is 4.68. The maximum Gasteiger partial charge on any atom is 0.267 e. The van der Waals surface area contributed by atoms with Crippen LogP contribution in [0.2, 0.25) is 0 Å². The molecule has 0 aliphatic rings. The Labute approximate surface area is 235 Å². The molecule has 0 radical (unpaired) electrons. The van der Waals surface area contributed by atoms with E-state index in [0.717, 1.165) is 22.1 Å². The van der Waals surface area contributed by atoms with Gasteiger partial charge in [-0.25, -0.2) is 0 Å². The van der Waals surface area contributed by atoms with Gasteiger partial charge in [0.05, 0.1) is 43.3 Å². The monoisotopic (exact) mass is 551 g/mol. The molecular weight excluding hydrogens is 522 g/mol. The highest BCUT2D eigenvalue weighted by atomic mass is 16.5. The fourth-order valence-corrected chi connectivity index (χ4v) is 5.40. The number of amides is 1. The lowest BCUT2D eigenvalue weighted by molar-refractivity contribution is -0.127. The lowest BCUT2D eigenvalue weighted by Crippen LogP contribution is -2.37. The van der Waals surface area contributed by atoms with Crippen molar-refractivity contribution in [2.45, 2.75) is 19.4 Å². The van der Waals surface area contributed by atoms with E-state index in [-0.39, 0.29) is 11.5 Å². The van der Waals surface area contributed by atoms with E-state index in [4.69, 9.17) is 18.9 Å². The minimum Gasteiger partial charge on any atom is -0.497 e. The molecule has 41 heavy (non-hydrogen) atoms. The predicted molar refractivity (Wildman–Crippen MR) is 158 cm³/mol. The van der Waals surface area contributed by atoms with Gasteiger partial charge in [0, 0.05) is 28.9 Å². The van der Waals surface area contributed by atoms with Crippen LogP contribution in [-0.4, -0.2) is 49.3 Å². The van der Waals surface area contributed by atoms with Crippen LogP contribution in [0.5, 0.6) is 23.0 Å². The van der Waals surface area contributed by atoms with E-state index in [1.807, 2.05) is 48.5 Å². The first-order valence-corrected chi connectivity index (χ1v) is 13.3. The molecule has 0 fully saturated rings. The Hall–Kier alpha value is -5.05. The molecule has 3 aromatic carbocycles. The second-order valence-electron chi connectivity index (χ2n) is 9.75. The van der Waals surface area contributed by atoms with Crippen molar-refractivity contribution < 1.29 is 23.7 Å². The quantitative estimate of drug-likeness (QED) is 0.259. The van der Waals surface area contributed by atoms with E-state index in [1.54, 1.807) is 36.8 Å². The zero-order chi connectivity index (χ0) is 28.7. The van der Waals surface area contributed by atoms with Gasteiger partial charge in [-0.3, -0.25) is 19.0 Å². The highest BCUT2D eigenvalue weighted by Crippen LogP contribution is 2.39. The van der Waals surface area contributed by atoms with Crippen molar-refractivity contribution in [1.29, 1.82) is 0 Å². The fraction of sp³-hybridized carbons (Fsp3) is 0.219. The van der Waals surface area contributed by atoms with Crippen LogP contribution in [0.3, 0.4) is 0 Å². The van der Waals surface area contributed by atoms with Crippen molar-refractivity contribution in [3.63, 3.8) is 0 Å². The summed E-state index contributed by atoms with van der Waals surface area (Å²) >= 11 is 0. The Morgan fingerprint density at radius 3 is 2.41 bits per heavy atom. The lowest BCUT2D eigenvalue weighted by atomic mass is 10.1. The molecule has 0 aliphatic heterocycles. The number of hydrogen-bond acceptors (Lipinski definition) is 7. The number of hydrogen-bond donors (Lipinski definition) is 1. The van der Waals surface area contributed by atoms with Crippen molar-refractivity contribution in [2.24, 2.45) is 0 Å². The molecule has 208 valence electrons. The summed E-state index contributed by atoms with van der Waals surface area (Å²) in [4.78, 5) is 31.3. The van der Waals surface area contributed by atoms with Gasteiger partial charge in [0.15, 0.2) is 17.6 Å². The first kappa shape index (κ1) is 26.2. The van der Waals surface area contributed by atoms with Crippen molar-refractivity contribution in [1.82, 2.24) is 14.7 Å². The number of benzene rings is 3. The third kappa shape index (κ3) is 4.39. The van der Waals surface area contributed by atoms with E-state index < -0.39 is 6.10 Å². The third-order valence-corrected chi connectivity index (χ3v) is 7.42. The standard InChI is InChI=1S/C32H29N3O6/c1-18(31(36)34-15-13-19-5-7-20(38-2)8-6-19)41-21-9-11-25-24(17-21)22-14-16-33-28-23-10-12-26(39-3)30(40-4)27(23)32(37)35(25)29(22)28/h5-12,14,16-18H,13,15H2,1-4H3,(H,34,36).